The number of nitrogens with one attached hydrogen (secondary N) is 2. The predicted molar refractivity (Wildman–Crippen MR) is 136 cm³/mol. The molecule has 3 amide bonds. The molecule has 2 aromatic rings. The summed E-state index contributed by atoms with van der Waals surface area (Å²) in [7, 11) is 0. The van der Waals surface area contributed by atoms with Gasteiger partial charge in [0.25, 0.3) is 0 Å². The Morgan fingerprint density at radius 1 is 1.08 bits per heavy atom. The van der Waals surface area contributed by atoms with E-state index in [0.717, 1.165) is 11.1 Å². The first-order chi connectivity index (χ1) is 17.0. The minimum absolute atomic E-state index is 0.00976. The lowest BCUT2D eigenvalue weighted by molar-refractivity contribution is -0.142. The van der Waals surface area contributed by atoms with Crippen LogP contribution < -0.4 is 15.4 Å². The summed E-state index contributed by atoms with van der Waals surface area (Å²) in [4.78, 5) is 40.7. The van der Waals surface area contributed by atoms with Gasteiger partial charge in [-0.2, -0.15) is 0 Å². The fraction of sp³-hybridized carbons (Fsp3) is 0.393. The third-order valence-electron chi connectivity index (χ3n) is 6.13. The van der Waals surface area contributed by atoms with Crippen molar-refractivity contribution in [3.8, 4) is 18.1 Å². The number of rotatable bonds is 6. The molecule has 3 rings (SSSR count). The van der Waals surface area contributed by atoms with Crippen molar-refractivity contribution in [3.05, 3.63) is 65.7 Å². The summed E-state index contributed by atoms with van der Waals surface area (Å²) in [5.74, 6) is 2.05. The Kier molecular flexibility index (Phi) is 8.38. The second kappa shape index (κ2) is 11.3. The summed E-state index contributed by atoms with van der Waals surface area (Å²) >= 11 is 0. The number of nitrogens with zero attached hydrogens (tertiary/aromatic N) is 1. The molecular weight excluding hydrogens is 458 g/mol. The molecular formula is C28H33N3O5. The van der Waals surface area contributed by atoms with Crippen LogP contribution in [0.5, 0.6) is 5.75 Å². The summed E-state index contributed by atoms with van der Waals surface area (Å²) in [6, 6.07) is 13.6. The number of hydrogen-bond acceptors (Lipinski definition) is 5. The van der Waals surface area contributed by atoms with Crippen LogP contribution in [0.4, 0.5) is 4.79 Å². The van der Waals surface area contributed by atoms with Crippen molar-refractivity contribution in [2.45, 2.75) is 58.3 Å². The Labute approximate surface area is 212 Å². The van der Waals surface area contributed by atoms with Gasteiger partial charge in [-0.1, -0.05) is 57.0 Å². The molecule has 0 aromatic heterocycles. The maximum Gasteiger partial charge on any atom is 0.413 e. The molecule has 1 heterocycles. The second-order valence-electron chi connectivity index (χ2n) is 10.0. The van der Waals surface area contributed by atoms with E-state index in [2.05, 4.69) is 16.6 Å². The number of ether oxygens (including phenoxy) is 1. The molecule has 190 valence electrons. The maximum absolute atomic E-state index is 13.6. The quantitative estimate of drug-likeness (QED) is 0.539. The lowest BCUT2D eigenvalue weighted by Crippen LogP contribution is -2.58. The SMILES string of the molecule is C#Cc1ccc([C@H](C)NC(=O)[C@@H]2C[C@@H](O)CN2C(=O)[C@@H](NC(=O)Oc2ccccc2)C(C)(C)C)cc1. The Balaban J connectivity index is 1.73. The molecule has 2 aromatic carbocycles. The molecule has 1 saturated heterocycles. The third kappa shape index (κ3) is 6.64. The lowest BCUT2D eigenvalue weighted by Gasteiger charge is -2.35. The number of β-amino-alcohol motifs (C(OH)–C–C–N with tert-alkyl or cyclic N) is 1. The van der Waals surface area contributed by atoms with Gasteiger partial charge < -0.3 is 25.4 Å². The highest BCUT2D eigenvalue weighted by atomic mass is 16.6. The van der Waals surface area contributed by atoms with E-state index in [1.165, 1.54) is 4.90 Å². The molecule has 3 N–H and O–H groups in total. The van der Waals surface area contributed by atoms with E-state index in [4.69, 9.17) is 11.2 Å². The van der Waals surface area contributed by atoms with Crippen LogP contribution in [-0.4, -0.2) is 52.6 Å². The largest absolute Gasteiger partial charge is 0.413 e. The Morgan fingerprint density at radius 2 is 1.72 bits per heavy atom. The van der Waals surface area contributed by atoms with Crippen molar-refractivity contribution in [3.63, 3.8) is 0 Å². The molecule has 0 radical (unpaired) electrons. The molecule has 36 heavy (non-hydrogen) atoms. The standard InChI is InChI=1S/C28H33N3O5/c1-6-19-12-14-20(15-13-19)18(2)29-25(33)23-16-21(32)17-31(23)26(34)24(28(3,4)5)30-27(35)36-22-10-8-7-9-11-22/h1,7-15,18,21,23-24,32H,16-17H2,2-5H3,(H,29,33)(H,30,35)/t18-,21+,23-,24+/m0/s1. The first-order valence-corrected chi connectivity index (χ1v) is 11.9. The Hall–Kier alpha value is -3.83. The number of carbonyl (C=O) groups is 3. The van der Waals surface area contributed by atoms with Crippen molar-refractivity contribution >= 4 is 17.9 Å². The number of likely N-dealkylation sites (tertiary alicyclic amines) is 1. The zero-order valence-corrected chi connectivity index (χ0v) is 21.0. The van der Waals surface area contributed by atoms with E-state index in [0.29, 0.717) is 5.75 Å². The maximum atomic E-state index is 13.6. The van der Waals surface area contributed by atoms with Gasteiger partial charge >= 0.3 is 6.09 Å². The van der Waals surface area contributed by atoms with Gasteiger partial charge in [0.15, 0.2) is 0 Å². The first-order valence-electron chi connectivity index (χ1n) is 11.9. The lowest BCUT2D eigenvalue weighted by atomic mass is 9.85. The molecule has 8 heteroatoms. The van der Waals surface area contributed by atoms with E-state index in [-0.39, 0.29) is 24.9 Å². The average Bonchev–Trinajstić information content (AvgIpc) is 3.24. The molecule has 1 fully saturated rings. The highest BCUT2D eigenvalue weighted by Gasteiger charge is 2.44. The Morgan fingerprint density at radius 3 is 2.31 bits per heavy atom. The van der Waals surface area contributed by atoms with Crippen LogP contribution in [0, 0.1) is 17.8 Å². The van der Waals surface area contributed by atoms with Gasteiger partial charge in [-0.05, 0) is 42.2 Å². The summed E-state index contributed by atoms with van der Waals surface area (Å²) in [5.41, 5.74) is 0.907. The number of terminal acetylenes is 1. The highest BCUT2D eigenvalue weighted by molar-refractivity contribution is 5.92. The second-order valence-corrected chi connectivity index (χ2v) is 10.0. The molecule has 1 aliphatic heterocycles. The minimum atomic E-state index is -0.983. The summed E-state index contributed by atoms with van der Waals surface area (Å²) in [6.45, 7) is 7.25. The van der Waals surface area contributed by atoms with Crippen molar-refractivity contribution in [2.75, 3.05) is 6.54 Å². The van der Waals surface area contributed by atoms with E-state index in [1.54, 1.807) is 42.5 Å². The topological polar surface area (TPSA) is 108 Å². The Bertz CT molecular complexity index is 1120. The van der Waals surface area contributed by atoms with Crippen LogP contribution in [0.15, 0.2) is 54.6 Å². The van der Waals surface area contributed by atoms with Gasteiger partial charge in [0, 0.05) is 18.5 Å². The highest BCUT2D eigenvalue weighted by Crippen LogP contribution is 2.27. The van der Waals surface area contributed by atoms with Gasteiger partial charge in [-0.15, -0.1) is 6.42 Å². The van der Waals surface area contributed by atoms with Crippen LogP contribution >= 0.6 is 0 Å². The summed E-state index contributed by atoms with van der Waals surface area (Å²) in [6.07, 6.45) is 3.87. The third-order valence-corrected chi connectivity index (χ3v) is 6.13. The molecule has 0 unspecified atom stereocenters. The predicted octanol–water partition coefficient (Wildman–Crippen LogP) is 3.01. The van der Waals surface area contributed by atoms with Crippen molar-refractivity contribution < 1.29 is 24.2 Å². The van der Waals surface area contributed by atoms with Gasteiger partial charge in [0.1, 0.15) is 17.8 Å². The fourth-order valence-corrected chi connectivity index (χ4v) is 4.12. The molecule has 1 aliphatic rings. The summed E-state index contributed by atoms with van der Waals surface area (Å²) < 4.78 is 5.30. The average molecular weight is 492 g/mol. The van der Waals surface area contributed by atoms with Crippen LogP contribution in [0.3, 0.4) is 0 Å². The van der Waals surface area contributed by atoms with Gasteiger partial charge in [0.05, 0.1) is 12.1 Å². The van der Waals surface area contributed by atoms with Crippen LogP contribution in [0.25, 0.3) is 0 Å². The molecule has 0 spiro atoms. The van der Waals surface area contributed by atoms with Crippen molar-refractivity contribution in [1.82, 2.24) is 15.5 Å². The number of aliphatic hydroxyl groups excluding tert-OH is 1. The fourth-order valence-electron chi connectivity index (χ4n) is 4.12. The van der Waals surface area contributed by atoms with Crippen molar-refractivity contribution in [2.24, 2.45) is 5.41 Å². The van der Waals surface area contributed by atoms with Gasteiger partial charge in [-0.3, -0.25) is 9.59 Å². The molecule has 0 bridgehead atoms. The van der Waals surface area contributed by atoms with E-state index in [9.17, 15) is 19.5 Å². The monoisotopic (exact) mass is 491 g/mol. The smallest absolute Gasteiger partial charge is 0.410 e. The normalized spacial score (nSPS) is 19.1. The number of benzene rings is 2. The van der Waals surface area contributed by atoms with Crippen molar-refractivity contribution in [1.29, 1.82) is 0 Å². The number of para-hydroxylation sites is 1. The first kappa shape index (κ1) is 26.8. The van der Waals surface area contributed by atoms with Gasteiger partial charge in [0.2, 0.25) is 11.8 Å². The molecule has 0 aliphatic carbocycles. The van der Waals surface area contributed by atoms with E-state index >= 15 is 0 Å². The number of amides is 3. The minimum Gasteiger partial charge on any atom is -0.410 e. The number of aliphatic hydroxyl groups is 1. The van der Waals surface area contributed by atoms with Gasteiger partial charge in [-0.25, -0.2) is 4.79 Å². The van der Waals surface area contributed by atoms with E-state index < -0.39 is 35.6 Å². The van der Waals surface area contributed by atoms with E-state index in [1.807, 2.05) is 39.8 Å². The number of carbonyl (C=O) groups excluding carboxylic acids is 3. The van der Waals surface area contributed by atoms with Crippen LogP contribution in [0.1, 0.15) is 51.3 Å². The zero-order chi connectivity index (χ0) is 26.5. The molecule has 8 nitrogen and oxygen atoms in total. The number of hydrogen-bond donors (Lipinski definition) is 3. The zero-order valence-electron chi connectivity index (χ0n) is 21.0. The van der Waals surface area contributed by atoms with Crippen LogP contribution in [0.2, 0.25) is 0 Å². The molecule has 0 saturated carbocycles. The summed E-state index contributed by atoms with van der Waals surface area (Å²) in [5, 5.41) is 15.9. The molecule has 4 atom stereocenters. The van der Waals surface area contributed by atoms with Crippen LogP contribution in [-0.2, 0) is 9.59 Å².